The summed E-state index contributed by atoms with van der Waals surface area (Å²) in [6.45, 7) is 3.16. The van der Waals surface area contributed by atoms with Crippen LogP contribution in [0.15, 0.2) is 36.5 Å². The smallest absolute Gasteiger partial charge is 0.323 e. The Labute approximate surface area is 143 Å². The first-order valence-electron chi connectivity index (χ1n) is 7.67. The highest BCUT2D eigenvalue weighted by molar-refractivity contribution is 5.94. The largest absolute Gasteiger partial charge is 0.480 e. The monoisotopic (exact) mass is 346 g/mol. The molecule has 0 spiro atoms. The van der Waals surface area contributed by atoms with E-state index in [-0.39, 0.29) is 23.1 Å². The first kappa shape index (κ1) is 18.1. The third kappa shape index (κ3) is 4.00. The van der Waals surface area contributed by atoms with Gasteiger partial charge in [0.05, 0.1) is 4.92 Å². The molecule has 2 aromatic rings. The Bertz CT molecular complexity index is 801. The zero-order valence-corrected chi connectivity index (χ0v) is 13.8. The summed E-state index contributed by atoms with van der Waals surface area (Å²) < 4.78 is 1.24. The summed E-state index contributed by atoms with van der Waals surface area (Å²) >= 11 is 0. The van der Waals surface area contributed by atoms with Gasteiger partial charge in [-0.25, -0.2) is 4.68 Å². The Hall–Kier alpha value is -3.23. The van der Waals surface area contributed by atoms with Gasteiger partial charge in [-0.2, -0.15) is 5.10 Å². The van der Waals surface area contributed by atoms with Gasteiger partial charge in [0.1, 0.15) is 12.2 Å². The van der Waals surface area contributed by atoms with Crippen LogP contribution < -0.4 is 0 Å². The van der Waals surface area contributed by atoms with Crippen LogP contribution in [0.25, 0.3) is 5.69 Å². The minimum Gasteiger partial charge on any atom is -0.480 e. The second-order valence-electron chi connectivity index (χ2n) is 5.48. The molecule has 1 aromatic heterocycles. The average molecular weight is 346 g/mol. The van der Waals surface area contributed by atoms with E-state index in [4.69, 9.17) is 5.11 Å². The first-order valence-corrected chi connectivity index (χ1v) is 7.67. The Balaban J connectivity index is 2.35. The molecule has 0 saturated heterocycles. The fourth-order valence-corrected chi connectivity index (χ4v) is 2.33. The van der Waals surface area contributed by atoms with Crippen LogP contribution in [0.5, 0.6) is 0 Å². The number of nitro groups is 1. The number of carboxylic acids is 1. The number of amides is 1. The number of carbonyl (C=O) groups is 2. The van der Waals surface area contributed by atoms with Crippen molar-refractivity contribution in [3.05, 3.63) is 52.3 Å². The summed E-state index contributed by atoms with van der Waals surface area (Å²) in [4.78, 5) is 35.4. The van der Waals surface area contributed by atoms with Crippen LogP contribution in [-0.4, -0.2) is 49.2 Å². The second kappa shape index (κ2) is 7.56. The van der Waals surface area contributed by atoms with Crippen molar-refractivity contribution in [2.24, 2.45) is 0 Å². The molecule has 1 heterocycles. The zero-order valence-electron chi connectivity index (χ0n) is 13.8. The van der Waals surface area contributed by atoms with Gasteiger partial charge in [-0.1, -0.05) is 19.1 Å². The molecule has 0 bridgehead atoms. The van der Waals surface area contributed by atoms with E-state index in [1.54, 1.807) is 13.0 Å². The third-order valence-electron chi connectivity index (χ3n) is 3.82. The molecule has 1 N–H and O–H groups in total. The van der Waals surface area contributed by atoms with Crippen LogP contribution in [0.1, 0.15) is 30.8 Å². The van der Waals surface area contributed by atoms with Crippen LogP contribution in [-0.2, 0) is 4.79 Å². The Morgan fingerprint density at radius 2 is 2.04 bits per heavy atom. The zero-order chi connectivity index (χ0) is 18.6. The first-order chi connectivity index (χ1) is 11.8. The predicted octanol–water partition coefficient (Wildman–Crippen LogP) is 2.11. The van der Waals surface area contributed by atoms with E-state index in [0.29, 0.717) is 6.42 Å². The fraction of sp³-hybridized carbons (Fsp3) is 0.312. The molecular weight excluding hydrogens is 328 g/mol. The molecule has 0 radical (unpaired) electrons. The van der Waals surface area contributed by atoms with Gasteiger partial charge in [0.15, 0.2) is 5.69 Å². The lowest BCUT2D eigenvalue weighted by Gasteiger charge is -2.26. The lowest BCUT2D eigenvalue weighted by molar-refractivity contribution is -0.384. The molecule has 9 nitrogen and oxygen atoms in total. The van der Waals surface area contributed by atoms with Crippen LogP contribution in [0.3, 0.4) is 0 Å². The molecule has 2 rings (SSSR count). The van der Waals surface area contributed by atoms with Crippen LogP contribution >= 0.6 is 0 Å². The van der Waals surface area contributed by atoms with Crippen molar-refractivity contribution in [1.29, 1.82) is 0 Å². The van der Waals surface area contributed by atoms with E-state index in [0.717, 1.165) is 0 Å². The van der Waals surface area contributed by atoms with Gasteiger partial charge in [0.2, 0.25) is 0 Å². The molecule has 0 aliphatic carbocycles. The molecule has 132 valence electrons. The maximum atomic E-state index is 12.6. The normalized spacial score (nSPS) is 11.8. The van der Waals surface area contributed by atoms with Crippen molar-refractivity contribution in [3.63, 3.8) is 0 Å². The van der Waals surface area contributed by atoms with Gasteiger partial charge in [-0.3, -0.25) is 19.7 Å². The summed E-state index contributed by atoms with van der Waals surface area (Å²) in [5.41, 5.74) is 0.105. The van der Waals surface area contributed by atoms with Crippen molar-refractivity contribution >= 4 is 17.6 Å². The molecule has 25 heavy (non-hydrogen) atoms. The number of carboxylic acid groups (broad SMARTS) is 1. The van der Waals surface area contributed by atoms with Crippen LogP contribution in [0.4, 0.5) is 5.69 Å². The molecule has 0 saturated carbocycles. The van der Waals surface area contributed by atoms with Crippen molar-refractivity contribution in [2.75, 3.05) is 6.54 Å². The number of carbonyl (C=O) groups excluding carboxylic acids is 1. The summed E-state index contributed by atoms with van der Waals surface area (Å²) in [6, 6.07) is 7.16. The van der Waals surface area contributed by atoms with Gasteiger partial charge < -0.3 is 10.0 Å². The van der Waals surface area contributed by atoms with Crippen molar-refractivity contribution in [1.82, 2.24) is 14.7 Å². The molecule has 1 atom stereocenters. The molecule has 9 heteroatoms. The minimum atomic E-state index is -1.12. The molecule has 1 unspecified atom stereocenters. The Morgan fingerprint density at radius 3 is 2.64 bits per heavy atom. The van der Waals surface area contributed by atoms with E-state index in [9.17, 15) is 19.7 Å². The predicted molar refractivity (Wildman–Crippen MR) is 88.6 cm³/mol. The van der Waals surface area contributed by atoms with Crippen molar-refractivity contribution < 1.29 is 19.6 Å². The van der Waals surface area contributed by atoms with E-state index < -0.39 is 23.3 Å². The summed E-state index contributed by atoms with van der Waals surface area (Å²) in [5, 5.41) is 24.2. The van der Waals surface area contributed by atoms with E-state index >= 15 is 0 Å². The molecule has 1 amide bonds. The van der Waals surface area contributed by atoms with Crippen LogP contribution in [0.2, 0.25) is 0 Å². The van der Waals surface area contributed by atoms with E-state index in [1.165, 1.54) is 40.0 Å². The second-order valence-corrected chi connectivity index (χ2v) is 5.48. The molecule has 1 aromatic carbocycles. The van der Waals surface area contributed by atoms with Gasteiger partial charge in [-0.15, -0.1) is 0 Å². The van der Waals surface area contributed by atoms with Crippen molar-refractivity contribution in [3.8, 4) is 5.69 Å². The maximum Gasteiger partial charge on any atom is 0.323 e. The van der Waals surface area contributed by atoms with Gasteiger partial charge in [-0.05, 0) is 25.5 Å². The number of aromatic nitrogens is 2. The number of hydrogen-bond donors (Lipinski definition) is 1. The summed E-state index contributed by atoms with van der Waals surface area (Å²) in [6.07, 6.45) is 2.02. The standard InChI is InChI=1S/C16H18N4O5/c1-3-11(2)18(10-15(21)22)16(23)12-8-9-19(17-12)13-6-4-5-7-14(13)20(24)25/h4-9,11H,3,10H2,1-2H3,(H,21,22). The third-order valence-corrected chi connectivity index (χ3v) is 3.82. The Kier molecular flexibility index (Phi) is 5.48. The summed E-state index contributed by atoms with van der Waals surface area (Å²) in [7, 11) is 0. The number of para-hydroxylation sites is 2. The highest BCUT2D eigenvalue weighted by Gasteiger charge is 2.25. The SMILES string of the molecule is CCC(C)N(CC(=O)O)C(=O)c1ccn(-c2ccccc2[N+](=O)[O-])n1. The number of nitro benzene ring substituents is 1. The number of rotatable bonds is 7. The van der Waals surface area contributed by atoms with Gasteiger partial charge >= 0.3 is 5.97 Å². The quantitative estimate of drug-likeness (QED) is 0.606. The highest BCUT2D eigenvalue weighted by Crippen LogP contribution is 2.22. The van der Waals surface area contributed by atoms with Crippen molar-refractivity contribution in [2.45, 2.75) is 26.3 Å². The highest BCUT2D eigenvalue weighted by atomic mass is 16.6. The Morgan fingerprint density at radius 1 is 1.36 bits per heavy atom. The lowest BCUT2D eigenvalue weighted by Crippen LogP contribution is -2.42. The van der Waals surface area contributed by atoms with Gasteiger partial charge in [0, 0.05) is 18.3 Å². The number of nitrogens with zero attached hydrogens (tertiary/aromatic N) is 4. The van der Waals surface area contributed by atoms with E-state index in [1.807, 2.05) is 6.92 Å². The minimum absolute atomic E-state index is 0.0275. The molecule has 0 aliphatic heterocycles. The number of aliphatic carboxylic acids is 1. The molecule has 0 fully saturated rings. The molecular formula is C16H18N4O5. The number of hydrogen-bond acceptors (Lipinski definition) is 5. The topological polar surface area (TPSA) is 119 Å². The van der Waals surface area contributed by atoms with E-state index in [2.05, 4.69) is 5.10 Å². The average Bonchev–Trinajstić information content (AvgIpc) is 3.08. The fourth-order valence-electron chi connectivity index (χ4n) is 2.33. The van der Waals surface area contributed by atoms with Gasteiger partial charge in [0.25, 0.3) is 11.6 Å². The maximum absolute atomic E-state index is 12.6. The molecule has 0 aliphatic rings. The lowest BCUT2D eigenvalue weighted by atomic mass is 10.2. The number of benzene rings is 1. The summed E-state index contributed by atoms with van der Waals surface area (Å²) in [5.74, 6) is -1.65. The van der Waals surface area contributed by atoms with Crippen LogP contribution in [0, 0.1) is 10.1 Å².